The molecule has 0 aliphatic heterocycles. The summed E-state index contributed by atoms with van der Waals surface area (Å²) < 4.78 is 86.8. The van der Waals surface area contributed by atoms with E-state index < -0.39 is 46.9 Å². The van der Waals surface area contributed by atoms with Gasteiger partial charge in [-0.2, -0.15) is 4.39 Å². The Morgan fingerprint density at radius 1 is 0.926 bits per heavy atom. The van der Waals surface area contributed by atoms with E-state index in [1.54, 1.807) is 6.92 Å². The minimum atomic E-state index is -1.34. The second kappa shape index (κ2) is 9.48. The minimum absolute atomic E-state index is 0.0249. The molecule has 0 N–H and O–H groups in total. The summed E-state index contributed by atoms with van der Waals surface area (Å²) in [6, 6.07) is 4.60. The maximum absolute atomic E-state index is 14.4. The summed E-state index contributed by atoms with van der Waals surface area (Å²) in [5.41, 5.74) is -0.921. The van der Waals surface area contributed by atoms with E-state index in [1.807, 2.05) is 0 Å². The van der Waals surface area contributed by atoms with Crippen LogP contribution in [0, 0.1) is 23.3 Å². The highest BCUT2D eigenvalue weighted by atomic mass is 19.2. The average molecular weight is 388 g/mol. The molecule has 0 aromatic heterocycles. The maximum atomic E-state index is 14.4. The molecule has 2 rings (SSSR count). The van der Waals surface area contributed by atoms with Gasteiger partial charge in [-0.15, -0.1) is 0 Å². The van der Waals surface area contributed by atoms with Crippen LogP contribution < -0.4 is 4.74 Å². The van der Waals surface area contributed by atoms with Crippen molar-refractivity contribution in [2.24, 2.45) is 0 Å². The highest BCUT2D eigenvalue weighted by Gasteiger charge is 2.21. The van der Waals surface area contributed by atoms with E-state index in [1.165, 1.54) is 6.07 Å². The van der Waals surface area contributed by atoms with Crippen molar-refractivity contribution in [2.45, 2.75) is 26.2 Å². The number of alkyl halides is 1. The predicted molar refractivity (Wildman–Crippen MR) is 91.0 cm³/mol. The zero-order valence-corrected chi connectivity index (χ0v) is 14.6. The van der Waals surface area contributed by atoms with Crippen LogP contribution in [0.4, 0.5) is 26.3 Å². The average Bonchev–Trinajstić information content (AvgIpc) is 2.64. The van der Waals surface area contributed by atoms with E-state index in [-0.39, 0.29) is 37.2 Å². The minimum Gasteiger partial charge on any atom is -0.491 e. The van der Waals surface area contributed by atoms with Crippen molar-refractivity contribution < 1.29 is 31.1 Å². The molecule has 0 heterocycles. The van der Waals surface area contributed by atoms with Gasteiger partial charge >= 0.3 is 0 Å². The van der Waals surface area contributed by atoms with Crippen molar-refractivity contribution in [1.29, 1.82) is 0 Å². The molecule has 0 aliphatic rings. The van der Waals surface area contributed by atoms with Gasteiger partial charge in [0.1, 0.15) is 0 Å². The van der Waals surface area contributed by atoms with Gasteiger partial charge in [-0.1, -0.05) is 18.2 Å². The van der Waals surface area contributed by atoms with Crippen LogP contribution in [0.15, 0.2) is 36.2 Å². The van der Waals surface area contributed by atoms with Gasteiger partial charge in [-0.3, -0.25) is 4.39 Å². The number of hydrogen-bond acceptors (Lipinski definition) is 1. The topological polar surface area (TPSA) is 9.23 Å². The Labute approximate surface area is 153 Å². The Bertz CT molecular complexity index is 832. The Kier molecular flexibility index (Phi) is 7.33. The highest BCUT2D eigenvalue weighted by Crippen LogP contribution is 2.33. The summed E-state index contributed by atoms with van der Waals surface area (Å²) in [5, 5.41) is 0. The molecule has 27 heavy (non-hydrogen) atoms. The van der Waals surface area contributed by atoms with E-state index in [4.69, 9.17) is 4.74 Å². The summed E-state index contributed by atoms with van der Waals surface area (Å²) in [5.74, 6) is -6.17. The standard InChI is InChI=1S/C20H18F6O/c1-2-27-16-9-8-15(19(25)20(16)26)14-7-6-12(17(23)18(14)24)4-3-5-13(22)10-11-21/h5-9H,2-4,10-11H2,1H3. The van der Waals surface area contributed by atoms with Gasteiger partial charge in [-0.05, 0) is 37.5 Å². The Morgan fingerprint density at radius 2 is 1.56 bits per heavy atom. The van der Waals surface area contributed by atoms with E-state index in [0.29, 0.717) is 0 Å². The summed E-state index contributed by atoms with van der Waals surface area (Å²) in [6.45, 7) is 0.871. The van der Waals surface area contributed by atoms with Crippen LogP contribution in [0.1, 0.15) is 25.3 Å². The molecule has 0 unspecified atom stereocenters. The van der Waals surface area contributed by atoms with Crippen LogP contribution in [0.3, 0.4) is 0 Å². The van der Waals surface area contributed by atoms with Crippen molar-refractivity contribution in [1.82, 2.24) is 0 Å². The molecule has 0 atom stereocenters. The van der Waals surface area contributed by atoms with Crippen molar-refractivity contribution in [3.05, 3.63) is 65.0 Å². The molecule has 0 saturated heterocycles. The van der Waals surface area contributed by atoms with Gasteiger partial charge in [-0.25, -0.2) is 17.6 Å². The second-order valence-corrected chi connectivity index (χ2v) is 5.70. The maximum Gasteiger partial charge on any atom is 0.201 e. The third kappa shape index (κ3) is 4.84. The number of hydrogen-bond donors (Lipinski definition) is 0. The molecule has 7 heteroatoms. The van der Waals surface area contributed by atoms with E-state index in [0.717, 1.165) is 24.3 Å². The lowest BCUT2D eigenvalue weighted by molar-refractivity contribution is 0.314. The molecular formula is C20H18F6O. The first-order valence-electron chi connectivity index (χ1n) is 8.39. The Balaban J connectivity index is 2.29. The SMILES string of the molecule is CCOc1ccc(-c2ccc(CCC=C(F)CCF)c(F)c2F)c(F)c1F. The number of rotatable bonds is 8. The largest absolute Gasteiger partial charge is 0.491 e. The van der Waals surface area contributed by atoms with Gasteiger partial charge in [0.05, 0.1) is 19.1 Å². The number of ether oxygens (including phenoxy) is 1. The molecule has 0 saturated carbocycles. The summed E-state index contributed by atoms with van der Waals surface area (Å²) in [7, 11) is 0. The number of halogens is 6. The molecular weight excluding hydrogens is 370 g/mol. The first-order chi connectivity index (χ1) is 12.9. The molecule has 2 aromatic carbocycles. The van der Waals surface area contributed by atoms with Crippen LogP contribution >= 0.6 is 0 Å². The van der Waals surface area contributed by atoms with Crippen molar-refractivity contribution in [2.75, 3.05) is 13.3 Å². The van der Waals surface area contributed by atoms with Gasteiger partial charge in [0, 0.05) is 17.5 Å². The van der Waals surface area contributed by atoms with E-state index in [9.17, 15) is 26.3 Å². The third-order valence-corrected chi connectivity index (χ3v) is 3.91. The fourth-order valence-corrected chi connectivity index (χ4v) is 2.57. The zero-order chi connectivity index (χ0) is 20.0. The van der Waals surface area contributed by atoms with Crippen LogP contribution in [0.25, 0.3) is 11.1 Å². The highest BCUT2D eigenvalue weighted by molar-refractivity contribution is 5.66. The predicted octanol–water partition coefficient (Wildman–Crippen LogP) is 6.45. The van der Waals surface area contributed by atoms with Crippen molar-refractivity contribution in [3.8, 4) is 16.9 Å². The first-order valence-corrected chi connectivity index (χ1v) is 8.39. The lowest BCUT2D eigenvalue weighted by Gasteiger charge is -2.11. The monoisotopic (exact) mass is 388 g/mol. The van der Waals surface area contributed by atoms with Gasteiger partial charge in [0.15, 0.2) is 23.2 Å². The van der Waals surface area contributed by atoms with Crippen LogP contribution in [-0.4, -0.2) is 13.3 Å². The van der Waals surface area contributed by atoms with Crippen molar-refractivity contribution in [3.63, 3.8) is 0 Å². The molecule has 146 valence electrons. The molecule has 0 bridgehead atoms. The summed E-state index contributed by atoms with van der Waals surface area (Å²) in [4.78, 5) is 0. The fourth-order valence-electron chi connectivity index (χ4n) is 2.57. The van der Waals surface area contributed by atoms with Gasteiger partial charge < -0.3 is 4.74 Å². The lowest BCUT2D eigenvalue weighted by Crippen LogP contribution is -2.01. The first kappa shape index (κ1) is 20.9. The fraction of sp³-hybridized carbons (Fsp3) is 0.300. The smallest absolute Gasteiger partial charge is 0.201 e. The number of aryl methyl sites for hydroxylation is 1. The Morgan fingerprint density at radius 3 is 2.19 bits per heavy atom. The quantitative estimate of drug-likeness (QED) is 0.472. The second-order valence-electron chi connectivity index (χ2n) is 5.70. The van der Waals surface area contributed by atoms with E-state index in [2.05, 4.69) is 0 Å². The van der Waals surface area contributed by atoms with Gasteiger partial charge in [0.25, 0.3) is 0 Å². The number of benzene rings is 2. The normalized spacial score (nSPS) is 11.7. The molecule has 0 fully saturated rings. The van der Waals surface area contributed by atoms with E-state index >= 15 is 0 Å². The zero-order valence-electron chi connectivity index (χ0n) is 14.6. The molecule has 0 aliphatic carbocycles. The van der Waals surface area contributed by atoms with Crippen molar-refractivity contribution >= 4 is 0 Å². The van der Waals surface area contributed by atoms with Crippen LogP contribution in [0.2, 0.25) is 0 Å². The Hall–Kier alpha value is -2.44. The molecule has 0 radical (unpaired) electrons. The molecule has 0 spiro atoms. The number of allylic oxidation sites excluding steroid dienone is 2. The third-order valence-electron chi connectivity index (χ3n) is 3.91. The molecule has 0 amide bonds. The lowest BCUT2D eigenvalue weighted by atomic mass is 9.99. The summed E-state index contributed by atoms with van der Waals surface area (Å²) in [6.07, 6.45) is 0.765. The summed E-state index contributed by atoms with van der Waals surface area (Å²) >= 11 is 0. The van der Waals surface area contributed by atoms with Gasteiger partial charge in [0.2, 0.25) is 5.82 Å². The van der Waals surface area contributed by atoms with Crippen LogP contribution in [0.5, 0.6) is 5.75 Å². The molecule has 1 nitrogen and oxygen atoms in total. The van der Waals surface area contributed by atoms with Crippen LogP contribution in [-0.2, 0) is 6.42 Å². The molecule has 2 aromatic rings.